The van der Waals surface area contributed by atoms with Crippen LogP contribution in [-0.4, -0.2) is 49.0 Å². The number of carbonyl (C=O) groups excluding carboxylic acids is 1. The van der Waals surface area contributed by atoms with Gasteiger partial charge in [0, 0.05) is 23.3 Å². The first kappa shape index (κ1) is 23.7. The highest BCUT2D eigenvalue weighted by Crippen LogP contribution is 2.47. The number of nitrogens with zero attached hydrogens (tertiary/aromatic N) is 3. The van der Waals surface area contributed by atoms with Crippen molar-refractivity contribution in [3.8, 4) is 34.4 Å². The Labute approximate surface area is 210 Å². The van der Waals surface area contributed by atoms with Crippen LogP contribution in [0.2, 0.25) is 0 Å². The molecule has 9 heteroatoms. The zero-order valence-corrected chi connectivity index (χ0v) is 21.3. The Hall–Kier alpha value is -4.01. The first-order valence-electron chi connectivity index (χ1n) is 11.7. The largest absolute Gasteiger partial charge is 0.497 e. The third-order valence-electron chi connectivity index (χ3n) is 6.66. The number of methoxy groups -OCH3 is 4. The van der Waals surface area contributed by atoms with Gasteiger partial charge >= 0.3 is 0 Å². The van der Waals surface area contributed by atoms with Crippen LogP contribution in [-0.2, 0) is 4.79 Å². The molecule has 0 bridgehead atoms. The van der Waals surface area contributed by atoms with Crippen molar-refractivity contribution in [2.75, 3.05) is 33.8 Å². The van der Waals surface area contributed by atoms with Crippen molar-refractivity contribution < 1.29 is 23.7 Å². The maximum atomic E-state index is 13.5. The van der Waals surface area contributed by atoms with Gasteiger partial charge in [0.15, 0.2) is 23.1 Å². The summed E-state index contributed by atoms with van der Waals surface area (Å²) >= 11 is 0. The van der Waals surface area contributed by atoms with Gasteiger partial charge in [-0.1, -0.05) is 26.0 Å². The van der Waals surface area contributed by atoms with Crippen molar-refractivity contribution in [2.24, 2.45) is 5.41 Å². The molecule has 5 rings (SSSR count). The minimum absolute atomic E-state index is 0.108. The number of fused-ring (bicyclic) bond motifs is 1. The fourth-order valence-electron chi connectivity index (χ4n) is 5.06. The van der Waals surface area contributed by atoms with Gasteiger partial charge in [-0.2, -0.15) is 4.98 Å². The van der Waals surface area contributed by atoms with Gasteiger partial charge < -0.3 is 24.3 Å². The molecule has 1 aromatic heterocycles. The molecule has 0 fully saturated rings. The van der Waals surface area contributed by atoms with Gasteiger partial charge in [-0.3, -0.25) is 4.79 Å². The number of anilines is 1. The van der Waals surface area contributed by atoms with E-state index in [2.05, 4.69) is 19.2 Å². The molecule has 0 spiro atoms. The van der Waals surface area contributed by atoms with E-state index in [0.29, 0.717) is 46.8 Å². The predicted molar refractivity (Wildman–Crippen MR) is 135 cm³/mol. The molecule has 1 N–H and O–H groups in total. The number of rotatable bonds is 6. The molecule has 3 aromatic rings. The number of aromatic nitrogens is 3. The average molecular weight is 491 g/mol. The zero-order chi connectivity index (χ0) is 25.6. The van der Waals surface area contributed by atoms with E-state index in [0.717, 1.165) is 23.3 Å². The Kier molecular flexibility index (Phi) is 5.86. The van der Waals surface area contributed by atoms with Crippen LogP contribution in [0.15, 0.2) is 47.7 Å². The number of benzene rings is 2. The van der Waals surface area contributed by atoms with Gasteiger partial charge in [0.1, 0.15) is 11.8 Å². The summed E-state index contributed by atoms with van der Waals surface area (Å²) < 4.78 is 23.8. The molecule has 1 aliphatic heterocycles. The Balaban J connectivity index is 1.68. The van der Waals surface area contributed by atoms with Gasteiger partial charge in [-0.15, -0.1) is 5.10 Å². The molecule has 9 nitrogen and oxygen atoms in total. The predicted octanol–water partition coefficient (Wildman–Crippen LogP) is 4.64. The van der Waals surface area contributed by atoms with Crippen LogP contribution in [0.4, 0.5) is 5.95 Å². The lowest BCUT2D eigenvalue weighted by Crippen LogP contribution is -2.36. The number of Topliss-reactive ketones (excluding diaryl/α,β-unsaturated/α-hetero) is 1. The van der Waals surface area contributed by atoms with Crippen LogP contribution in [0.3, 0.4) is 0 Å². The number of ether oxygens (including phenoxy) is 4. The van der Waals surface area contributed by atoms with Gasteiger partial charge in [0.25, 0.3) is 0 Å². The molecule has 0 saturated carbocycles. The SMILES string of the molecule is COc1cccc(C2C3=C(CC(C)(C)CC3=O)Nc3nc(-c4cc(OC)c(OC)c(OC)c4)nn32)c1. The van der Waals surface area contributed by atoms with E-state index in [1.165, 1.54) is 0 Å². The van der Waals surface area contributed by atoms with E-state index >= 15 is 0 Å². The number of ketones is 1. The Morgan fingerprint density at radius 3 is 2.33 bits per heavy atom. The number of carbonyl (C=O) groups is 1. The number of hydrogen-bond donors (Lipinski definition) is 1. The van der Waals surface area contributed by atoms with Crippen molar-refractivity contribution >= 4 is 11.7 Å². The number of nitrogens with one attached hydrogen (secondary N) is 1. The van der Waals surface area contributed by atoms with E-state index in [1.54, 1.807) is 33.1 Å². The maximum absolute atomic E-state index is 13.5. The van der Waals surface area contributed by atoms with Crippen LogP contribution in [0.5, 0.6) is 23.0 Å². The van der Waals surface area contributed by atoms with E-state index < -0.39 is 6.04 Å². The van der Waals surface area contributed by atoms with Gasteiger partial charge in [-0.25, -0.2) is 4.68 Å². The lowest BCUT2D eigenvalue weighted by Gasteiger charge is -2.38. The van der Waals surface area contributed by atoms with Crippen molar-refractivity contribution in [2.45, 2.75) is 32.7 Å². The Morgan fingerprint density at radius 1 is 0.972 bits per heavy atom. The highest BCUT2D eigenvalue weighted by atomic mass is 16.5. The molecule has 2 heterocycles. The summed E-state index contributed by atoms with van der Waals surface area (Å²) in [6.07, 6.45) is 1.21. The van der Waals surface area contributed by atoms with Crippen LogP contribution in [0, 0.1) is 5.41 Å². The van der Waals surface area contributed by atoms with E-state index in [1.807, 2.05) is 36.4 Å². The molecular formula is C27H30N4O5. The zero-order valence-electron chi connectivity index (χ0n) is 21.3. The van der Waals surface area contributed by atoms with E-state index in [-0.39, 0.29) is 11.2 Å². The second-order valence-corrected chi connectivity index (χ2v) is 9.75. The molecule has 36 heavy (non-hydrogen) atoms. The first-order chi connectivity index (χ1) is 17.3. The molecule has 1 atom stereocenters. The average Bonchev–Trinajstić information content (AvgIpc) is 3.29. The molecule has 1 aliphatic carbocycles. The molecule has 1 unspecified atom stereocenters. The summed E-state index contributed by atoms with van der Waals surface area (Å²) in [6, 6.07) is 10.9. The minimum Gasteiger partial charge on any atom is -0.497 e. The van der Waals surface area contributed by atoms with Crippen molar-refractivity contribution in [1.82, 2.24) is 14.8 Å². The monoisotopic (exact) mass is 490 g/mol. The summed E-state index contributed by atoms with van der Waals surface area (Å²) in [5.74, 6) is 3.36. The van der Waals surface area contributed by atoms with Crippen molar-refractivity contribution in [3.63, 3.8) is 0 Å². The quantitative estimate of drug-likeness (QED) is 0.534. The lowest BCUT2D eigenvalue weighted by atomic mass is 9.73. The van der Waals surface area contributed by atoms with Gasteiger partial charge in [-0.05, 0) is 41.7 Å². The van der Waals surface area contributed by atoms with Crippen LogP contribution in [0.1, 0.15) is 38.3 Å². The molecule has 188 valence electrons. The molecule has 2 aromatic carbocycles. The number of hydrogen-bond acceptors (Lipinski definition) is 8. The topological polar surface area (TPSA) is 96.7 Å². The summed E-state index contributed by atoms with van der Waals surface area (Å²) in [5.41, 5.74) is 3.06. The Morgan fingerprint density at radius 2 is 1.69 bits per heavy atom. The summed E-state index contributed by atoms with van der Waals surface area (Å²) in [6.45, 7) is 4.22. The highest BCUT2D eigenvalue weighted by Gasteiger charge is 2.42. The highest BCUT2D eigenvalue weighted by molar-refractivity contribution is 6.00. The fourth-order valence-corrected chi connectivity index (χ4v) is 5.06. The second-order valence-electron chi connectivity index (χ2n) is 9.75. The maximum Gasteiger partial charge on any atom is 0.226 e. The smallest absolute Gasteiger partial charge is 0.226 e. The summed E-state index contributed by atoms with van der Waals surface area (Å²) in [4.78, 5) is 18.3. The minimum atomic E-state index is -0.432. The van der Waals surface area contributed by atoms with Crippen LogP contribution >= 0.6 is 0 Å². The van der Waals surface area contributed by atoms with Crippen molar-refractivity contribution in [3.05, 3.63) is 53.2 Å². The summed E-state index contributed by atoms with van der Waals surface area (Å²) in [7, 11) is 6.33. The standard InChI is InChI=1S/C27H30N4O5/c1-27(2)13-18-22(19(32)14-27)23(15-8-7-9-17(10-15)33-3)31-26(28-18)29-25(30-31)16-11-20(34-4)24(36-6)21(12-16)35-5/h7-12,23H,13-14H2,1-6H3,(H,28,29,30). The normalized spacial score (nSPS) is 18.2. The third-order valence-corrected chi connectivity index (χ3v) is 6.66. The number of allylic oxidation sites excluding steroid dienone is 2. The molecule has 0 saturated heterocycles. The van der Waals surface area contributed by atoms with Gasteiger partial charge in [0.2, 0.25) is 11.7 Å². The van der Waals surface area contributed by atoms with Crippen LogP contribution < -0.4 is 24.3 Å². The van der Waals surface area contributed by atoms with Crippen molar-refractivity contribution in [1.29, 1.82) is 0 Å². The molecule has 0 amide bonds. The second kappa shape index (κ2) is 8.89. The lowest BCUT2D eigenvalue weighted by molar-refractivity contribution is -0.118. The van der Waals surface area contributed by atoms with Gasteiger partial charge in [0.05, 0.1) is 28.4 Å². The van der Waals surface area contributed by atoms with Crippen LogP contribution in [0.25, 0.3) is 11.4 Å². The Bertz CT molecular complexity index is 1350. The molecule has 0 radical (unpaired) electrons. The molecular weight excluding hydrogens is 460 g/mol. The first-order valence-corrected chi connectivity index (χ1v) is 11.7. The third kappa shape index (κ3) is 3.94. The fraction of sp³-hybridized carbons (Fsp3) is 0.370. The summed E-state index contributed by atoms with van der Waals surface area (Å²) in [5, 5.41) is 8.28. The van der Waals surface area contributed by atoms with E-state index in [4.69, 9.17) is 29.0 Å². The van der Waals surface area contributed by atoms with E-state index in [9.17, 15) is 4.79 Å². The molecule has 2 aliphatic rings.